The fraction of sp³-hybridized carbons (Fsp3) is 0.100. The molecule has 2 N–H and O–H groups in total. The first kappa shape index (κ1) is 8.23. The Morgan fingerprint density at radius 2 is 2.12 bits per heavy atom. The van der Waals surface area contributed by atoms with E-state index in [-0.39, 0.29) is 0 Å². The van der Waals surface area contributed by atoms with Crippen molar-refractivity contribution in [2.45, 2.75) is 5.92 Å². The van der Waals surface area contributed by atoms with Crippen molar-refractivity contribution in [2.75, 3.05) is 0 Å². The van der Waals surface area contributed by atoms with Crippen molar-refractivity contribution in [3.8, 4) is 11.6 Å². The van der Waals surface area contributed by atoms with Gasteiger partial charge in [0.2, 0.25) is 0 Å². The topological polar surface area (TPSA) is 70.2 Å². The third kappa shape index (κ3) is 0.965. The number of fused-ring (bicyclic) bond motifs is 1. The van der Waals surface area contributed by atoms with Crippen LogP contribution in [0.1, 0.15) is 22.3 Å². The molecule has 1 atom stereocenters. The van der Waals surface area contributed by atoms with E-state index in [4.69, 9.17) is 0 Å². The number of hydrogen-bond donors (Lipinski definition) is 2. The molecule has 3 aromatic rings. The molecule has 1 unspecified atom stereocenters. The molecule has 2 aliphatic rings. The van der Waals surface area contributed by atoms with Crippen LogP contribution in [-0.2, 0) is 0 Å². The Bertz CT molecular complexity index is 610. The number of hydrogen-bond acceptors (Lipinski definition) is 4. The molecule has 0 aromatic carbocycles. The lowest BCUT2D eigenvalue weighted by Crippen LogP contribution is -2.11. The van der Waals surface area contributed by atoms with E-state index >= 15 is 0 Å². The summed E-state index contributed by atoms with van der Waals surface area (Å²) in [6.45, 7) is 0. The number of imidazole rings is 2. The minimum absolute atomic E-state index is 0.296. The smallest absolute Gasteiger partial charge is 0.173 e. The molecule has 0 amide bonds. The van der Waals surface area contributed by atoms with Crippen LogP contribution in [0, 0.1) is 0 Å². The number of H-pyrrole nitrogens is 2. The van der Waals surface area contributed by atoms with Gasteiger partial charge in [-0.2, -0.15) is 0 Å². The Balaban J connectivity index is 1.73. The molecule has 6 heteroatoms. The van der Waals surface area contributed by atoms with Crippen molar-refractivity contribution in [1.29, 1.82) is 0 Å². The van der Waals surface area contributed by atoms with Crippen LogP contribution in [-0.4, -0.2) is 24.9 Å². The van der Waals surface area contributed by atoms with Crippen LogP contribution in [0.15, 0.2) is 24.0 Å². The highest BCUT2D eigenvalue weighted by molar-refractivity contribution is 7.10. The molecule has 0 spiro atoms. The van der Waals surface area contributed by atoms with Crippen LogP contribution in [0.25, 0.3) is 11.6 Å². The third-order valence-corrected chi connectivity index (χ3v) is 3.63. The number of thiazole rings is 1. The summed E-state index contributed by atoms with van der Waals surface area (Å²) in [5, 5.41) is 3.23. The lowest BCUT2D eigenvalue weighted by molar-refractivity contribution is 0.799. The first-order valence-electron chi connectivity index (χ1n) is 4.92. The zero-order valence-corrected chi connectivity index (χ0v) is 8.95. The van der Waals surface area contributed by atoms with E-state index in [9.17, 15) is 0 Å². The Morgan fingerprint density at radius 3 is 2.81 bits per heavy atom. The molecule has 0 radical (unpaired) electrons. The van der Waals surface area contributed by atoms with E-state index in [1.807, 2.05) is 6.20 Å². The number of nitrogens with one attached hydrogen (secondary N) is 2. The summed E-state index contributed by atoms with van der Waals surface area (Å²) in [4.78, 5) is 19.2. The lowest BCUT2D eigenvalue weighted by atomic mass is 10.00. The molecular weight excluding hydrogens is 222 g/mol. The van der Waals surface area contributed by atoms with Gasteiger partial charge in [0.05, 0.1) is 17.3 Å². The van der Waals surface area contributed by atoms with E-state index in [0.29, 0.717) is 5.92 Å². The minimum Gasteiger partial charge on any atom is -0.342 e. The number of aromatic nitrogens is 5. The molecule has 5 rings (SSSR count). The number of aromatic amines is 2. The van der Waals surface area contributed by atoms with Crippen molar-refractivity contribution in [3.05, 3.63) is 40.4 Å². The predicted molar refractivity (Wildman–Crippen MR) is 59.2 cm³/mol. The quantitative estimate of drug-likeness (QED) is 0.550. The number of rotatable bonds is 2. The fourth-order valence-electron chi connectivity index (χ4n) is 1.90. The molecule has 0 aliphatic carbocycles. The highest BCUT2D eigenvalue weighted by Gasteiger charge is 2.32. The van der Waals surface area contributed by atoms with Gasteiger partial charge in [-0.15, -0.1) is 11.3 Å². The van der Waals surface area contributed by atoms with Gasteiger partial charge in [-0.1, -0.05) is 0 Å². The molecule has 0 fully saturated rings. The fourth-order valence-corrected chi connectivity index (χ4v) is 2.87. The van der Waals surface area contributed by atoms with Gasteiger partial charge in [0.25, 0.3) is 0 Å². The minimum atomic E-state index is 0.296. The van der Waals surface area contributed by atoms with Gasteiger partial charge in [-0.3, -0.25) is 0 Å². The van der Waals surface area contributed by atoms with Crippen molar-refractivity contribution < 1.29 is 0 Å². The maximum Gasteiger partial charge on any atom is 0.173 e. The average molecular weight is 229 g/mol. The zero-order valence-electron chi connectivity index (χ0n) is 8.14. The predicted octanol–water partition coefficient (Wildman–Crippen LogP) is 1.75. The molecule has 2 bridgehead atoms. The van der Waals surface area contributed by atoms with Crippen LogP contribution < -0.4 is 0 Å². The van der Waals surface area contributed by atoms with E-state index < -0.39 is 0 Å². The summed E-state index contributed by atoms with van der Waals surface area (Å²) < 4.78 is 0. The van der Waals surface area contributed by atoms with Gasteiger partial charge in [0.15, 0.2) is 11.6 Å². The molecule has 16 heavy (non-hydrogen) atoms. The van der Waals surface area contributed by atoms with Crippen LogP contribution in [0.4, 0.5) is 0 Å². The molecule has 0 saturated heterocycles. The second-order valence-corrected chi connectivity index (χ2v) is 4.55. The molecule has 5 nitrogen and oxygen atoms in total. The first-order valence-corrected chi connectivity index (χ1v) is 5.80. The van der Waals surface area contributed by atoms with E-state index in [1.165, 1.54) is 0 Å². The summed E-state index contributed by atoms with van der Waals surface area (Å²) in [6.07, 6.45) is 5.43. The van der Waals surface area contributed by atoms with E-state index in [0.717, 1.165) is 28.0 Å². The van der Waals surface area contributed by atoms with Gasteiger partial charge in [-0.05, 0) is 0 Å². The van der Waals surface area contributed by atoms with Crippen LogP contribution in [0.2, 0.25) is 0 Å². The number of nitrogens with zero attached hydrogens (tertiary/aromatic N) is 3. The summed E-state index contributed by atoms with van der Waals surface area (Å²) in [5.41, 5.74) is 2.14. The Morgan fingerprint density at radius 1 is 1.12 bits per heavy atom. The monoisotopic (exact) mass is 229 g/mol. The molecule has 2 aliphatic heterocycles. The van der Waals surface area contributed by atoms with Gasteiger partial charge in [0, 0.05) is 24.0 Å². The van der Waals surface area contributed by atoms with Crippen LogP contribution in [0.3, 0.4) is 0 Å². The van der Waals surface area contributed by atoms with Crippen molar-refractivity contribution in [3.63, 3.8) is 0 Å². The maximum absolute atomic E-state index is 4.53. The molecule has 78 valence electrons. The Labute approximate surface area is 94.6 Å². The van der Waals surface area contributed by atoms with Crippen molar-refractivity contribution in [1.82, 2.24) is 24.9 Å². The Kier molecular flexibility index (Phi) is 1.44. The Hall–Kier alpha value is -1.95. The highest BCUT2D eigenvalue weighted by atomic mass is 32.1. The van der Waals surface area contributed by atoms with Gasteiger partial charge in [0.1, 0.15) is 5.01 Å². The second-order valence-electron chi connectivity index (χ2n) is 3.66. The van der Waals surface area contributed by atoms with Gasteiger partial charge < -0.3 is 9.97 Å². The normalized spacial score (nSPS) is 17.4. The summed E-state index contributed by atoms with van der Waals surface area (Å²) in [5.74, 6) is 1.84. The highest BCUT2D eigenvalue weighted by Crippen LogP contribution is 2.41. The second kappa shape index (κ2) is 2.79. The average Bonchev–Trinajstić information content (AvgIpc) is 3.03. The molecule has 5 heterocycles. The van der Waals surface area contributed by atoms with Crippen LogP contribution in [0.5, 0.6) is 0 Å². The SMILES string of the molecule is c1c[nH]c(-c2nc(C3c4csc3n4)c[nH]2)n1. The van der Waals surface area contributed by atoms with Gasteiger partial charge in [-0.25, -0.2) is 15.0 Å². The largest absolute Gasteiger partial charge is 0.342 e. The van der Waals surface area contributed by atoms with Crippen molar-refractivity contribution in [2.24, 2.45) is 0 Å². The lowest BCUT2D eigenvalue weighted by Gasteiger charge is -2.14. The van der Waals surface area contributed by atoms with Crippen molar-refractivity contribution >= 4 is 11.3 Å². The standard InChI is InChI=1S/C10H7N5S/c1-2-12-8(11-1)9-13-3-5(14-9)7-6-4-16-10(7)15-6/h1-4,7H,(H,11,12)(H,13,14). The first-order chi connectivity index (χ1) is 7.92. The molecule has 3 aromatic heterocycles. The maximum atomic E-state index is 4.53. The molecular formula is C10H7N5S. The summed E-state index contributed by atoms with van der Waals surface area (Å²) >= 11 is 1.69. The zero-order chi connectivity index (χ0) is 10.5. The van der Waals surface area contributed by atoms with E-state index in [1.54, 1.807) is 23.7 Å². The van der Waals surface area contributed by atoms with Crippen LogP contribution >= 0.6 is 11.3 Å². The van der Waals surface area contributed by atoms with E-state index in [2.05, 4.69) is 30.3 Å². The third-order valence-electron chi connectivity index (χ3n) is 2.70. The van der Waals surface area contributed by atoms with Gasteiger partial charge >= 0.3 is 0 Å². The summed E-state index contributed by atoms with van der Waals surface area (Å²) in [7, 11) is 0. The summed E-state index contributed by atoms with van der Waals surface area (Å²) in [6, 6.07) is 0. The molecule has 0 saturated carbocycles.